The van der Waals surface area contributed by atoms with Crippen LogP contribution in [0.25, 0.3) is 0 Å². The van der Waals surface area contributed by atoms with E-state index in [0.717, 1.165) is 5.56 Å². The average Bonchev–Trinajstić information content (AvgIpc) is 2.27. The highest BCUT2D eigenvalue weighted by atomic mass is 16.5. The van der Waals surface area contributed by atoms with Crippen LogP contribution in [0.4, 0.5) is 5.69 Å². The second-order valence-electron chi connectivity index (χ2n) is 4.06. The zero-order valence-electron chi connectivity index (χ0n) is 10.7. The van der Waals surface area contributed by atoms with E-state index < -0.39 is 0 Å². The SMILES string of the molecule is CCOCCN(C)C(=O)c1cc(C)cc(N)c1. The molecule has 0 aromatic heterocycles. The summed E-state index contributed by atoms with van der Waals surface area (Å²) >= 11 is 0. The minimum atomic E-state index is -0.0277. The number of nitrogens with zero attached hydrogens (tertiary/aromatic N) is 1. The van der Waals surface area contributed by atoms with E-state index in [1.54, 1.807) is 18.0 Å². The van der Waals surface area contributed by atoms with Gasteiger partial charge in [0.2, 0.25) is 0 Å². The van der Waals surface area contributed by atoms with Crippen LogP contribution >= 0.6 is 0 Å². The molecule has 0 aliphatic heterocycles. The van der Waals surface area contributed by atoms with Gasteiger partial charge in [-0.25, -0.2) is 0 Å². The maximum absolute atomic E-state index is 12.1. The minimum absolute atomic E-state index is 0.0277. The van der Waals surface area contributed by atoms with Crippen LogP contribution in [0.5, 0.6) is 0 Å². The lowest BCUT2D eigenvalue weighted by Crippen LogP contribution is -2.30. The molecule has 0 fully saturated rings. The number of hydrogen-bond acceptors (Lipinski definition) is 3. The molecule has 0 saturated carbocycles. The van der Waals surface area contributed by atoms with Gasteiger partial charge in [0.05, 0.1) is 6.61 Å². The predicted octanol–water partition coefficient (Wildman–Crippen LogP) is 1.69. The van der Waals surface area contributed by atoms with E-state index in [9.17, 15) is 4.79 Å². The fourth-order valence-electron chi connectivity index (χ4n) is 1.60. The topological polar surface area (TPSA) is 55.6 Å². The Labute approximate surface area is 102 Å². The fourth-order valence-corrected chi connectivity index (χ4v) is 1.60. The number of ether oxygens (including phenoxy) is 1. The van der Waals surface area contributed by atoms with Gasteiger partial charge in [-0.3, -0.25) is 4.79 Å². The number of hydrogen-bond donors (Lipinski definition) is 1. The van der Waals surface area contributed by atoms with Crippen molar-refractivity contribution in [3.05, 3.63) is 29.3 Å². The van der Waals surface area contributed by atoms with E-state index in [-0.39, 0.29) is 5.91 Å². The van der Waals surface area contributed by atoms with Gasteiger partial charge in [-0.1, -0.05) is 0 Å². The van der Waals surface area contributed by atoms with Crippen molar-refractivity contribution in [1.82, 2.24) is 4.90 Å². The lowest BCUT2D eigenvalue weighted by molar-refractivity contribution is 0.0710. The molecule has 1 amide bonds. The molecule has 4 heteroatoms. The third kappa shape index (κ3) is 4.07. The van der Waals surface area contributed by atoms with Gasteiger partial charge in [-0.2, -0.15) is 0 Å². The van der Waals surface area contributed by atoms with Crippen molar-refractivity contribution >= 4 is 11.6 Å². The highest BCUT2D eigenvalue weighted by Crippen LogP contribution is 2.12. The molecular formula is C13H20N2O2. The first-order valence-corrected chi connectivity index (χ1v) is 5.75. The van der Waals surface area contributed by atoms with Crippen molar-refractivity contribution in [2.24, 2.45) is 0 Å². The van der Waals surface area contributed by atoms with E-state index >= 15 is 0 Å². The van der Waals surface area contributed by atoms with E-state index in [4.69, 9.17) is 10.5 Å². The maximum atomic E-state index is 12.1. The van der Waals surface area contributed by atoms with Crippen molar-refractivity contribution in [2.45, 2.75) is 13.8 Å². The Morgan fingerprint density at radius 1 is 1.41 bits per heavy atom. The Bertz CT molecular complexity index is 371. The van der Waals surface area contributed by atoms with Crippen LogP contribution < -0.4 is 5.73 Å². The summed E-state index contributed by atoms with van der Waals surface area (Å²) in [7, 11) is 1.76. The summed E-state index contributed by atoms with van der Waals surface area (Å²) in [5.41, 5.74) is 7.96. The summed E-state index contributed by atoms with van der Waals surface area (Å²) in [6.45, 7) is 5.66. The first kappa shape index (κ1) is 13.5. The minimum Gasteiger partial charge on any atom is -0.399 e. The highest BCUT2D eigenvalue weighted by Gasteiger charge is 2.12. The Hall–Kier alpha value is -1.55. The Kier molecular flexibility index (Phi) is 4.97. The van der Waals surface area contributed by atoms with Crippen LogP contribution in [0.2, 0.25) is 0 Å². The van der Waals surface area contributed by atoms with Crippen LogP contribution in [0, 0.1) is 6.92 Å². The molecule has 1 aromatic carbocycles. The summed E-state index contributed by atoms with van der Waals surface area (Å²) in [5.74, 6) is -0.0277. The van der Waals surface area contributed by atoms with Gasteiger partial charge in [-0.15, -0.1) is 0 Å². The van der Waals surface area contributed by atoms with Crippen molar-refractivity contribution in [2.75, 3.05) is 32.5 Å². The van der Waals surface area contributed by atoms with Gasteiger partial charge in [0.25, 0.3) is 5.91 Å². The molecule has 0 unspecified atom stereocenters. The standard InChI is InChI=1S/C13H20N2O2/c1-4-17-6-5-15(3)13(16)11-7-10(2)8-12(14)9-11/h7-9H,4-6,14H2,1-3H3. The Balaban J connectivity index is 2.68. The number of nitrogens with two attached hydrogens (primary N) is 1. The van der Waals surface area contributed by atoms with E-state index in [1.807, 2.05) is 26.0 Å². The number of rotatable bonds is 5. The van der Waals surface area contributed by atoms with Crippen molar-refractivity contribution in [1.29, 1.82) is 0 Å². The van der Waals surface area contributed by atoms with Gasteiger partial charge < -0.3 is 15.4 Å². The first-order chi connectivity index (χ1) is 8.04. The van der Waals surface area contributed by atoms with Gasteiger partial charge in [-0.05, 0) is 37.6 Å². The number of anilines is 1. The molecule has 94 valence electrons. The van der Waals surface area contributed by atoms with E-state index in [1.165, 1.54) is 0 Å². The number of carbonyl (C=O) groups is 1. The molecular weight excluding hydrogens is 216 g/mol. The van der Waals surface area contributed by atoms with E-state index in [0.29, 0.717) is 31.0 Å². The number of amides is 1. The molecule has 0 heterocycles. The molecule has 0 radical (unpaired) electrons. The van der Waals surface area contributed by atoms with E-state index in [2.05, 4.69) is 0 Å². The van der Waals surface area contributed by atoms with Crippen LogP contribution in [0.3, 0.4) is 0 Å². The summed E-state index contributed by atoms with van der Waals surface area (Å²) in [6, 6.07) is 5.39. The van der Waals surface area contributed by atoms with Crippen LogP contribution in [0.15, 0.2) is 18.2 Å². The number of benzene rings is 1. The molecule has 0 spiro atoms. The zero-order chi connectivity index (χ0) is 12.8. The molecule has 0 aliphatic rings. The van der Waals surface area contributed by atoms with Crippen molar-refractivity contribution in [3.8, 4) is 0 Å². The summed E-state index contributed by atoms with van der Waals surface area (Å²) in [6.07, 6.45) is 0. The molecule has 0 aliphatic carbocycles. The lowest BCUT2D eigenvalue weighted by Gasteiger charge is -2.17. The third-order valence-electron chi connectivity index (χ3n) is 2.47. The lowest BCUT2D eigenvalue weighted by atomic mass is 10.1. The average molecular weight is 236 g/mol. The molecule has 0 atom stereocenters. The number of carbonyl (C=O) groups excluding carboxylic acids is 1. The molecule has 2 N–H and O–H groups in total. The molecule has 4 nitrogen and oxygen atoms in total. The zero-order valence-corrected chi connectivity index (χ0v) is 10.7. The fraction of sp³-hybridized carbons (Fsp3) is 0.462. The van der Waals surface area contributed by atoms with Crippen molar-refractivity contribution in [3.63, 3.8) is 0 Å². The highest BCUT2D eigenvalue weighted by molar-refractivity contribution is 5.95. The number of likely N-dealkylation sites (N-methyl/N-ethyl adjacent to an activating group) is 1. The Morgan fingerprint density at radius 3 is 2.71 bits per heavy atom. The first-order valence-electron chi connectivity index (χ1n) is 5.75. The molecule has 0 bridgehead atoms. The molecule has 17 heavy (non-hydrogen) atoms. The van der Waals surface area contributed by atoms with Gasteiger partial charge in [0, 0.05) is 31.5 Å². The van der Waals surface area contributed by atoms with Crippen molar-refractivity contribution < 1.29 is 9.53 Å². The normalized spacial score (nSPS) is 10.3. The Morgan fingerprint density at radius 2 is 2.12 bits per heavy atom. The van der Waals surface area contributed by atoms with Crippen LogP contribution in [-0.2, 0) is 4.74 Å². The second kappa shape index (κ2) is 6.25. The third-order valence-corrected chi connectivity index (χ3v) is 2.47. The van der Waals surface area contributed by atoms with Gasteiger partial charge in [0.1, 0.15) is 0 Å². The van der Waals surface area contributed by atoms with Crippen LogP contribution in [-0.4, -0.2) is 37.6 Å². The summed E-state index contributed by atoms with van der Waals surface area (Å²) in [4.78, 5) is 13.7. The largest absolute Gasteiger partial charge is 0.399 e. The maximum Gasteiger partial charge on any atom is 0.253 e. The van der Waals surface area contributed by atoms with Crippen LogP contribution in [0.1, 0.15) is 22.8 Å². The summed E-state index contributed by atoms with van der Waals surface area (Å²) < 4.78 is 5.22. The molecule has 1 rings (SSSR count). The quantitative estimate of drug-likeness (QED) is 0.625. The number of nitrogen functional groups attached to an aromatic ring is 1. The molecule has 0 saturated heterocycles. The smallest absolute Gasteiger partial charge is 0.253 e. The number of aryl methyl sites for hydroxylation is 1. The summed E-state index contributed by atoms with van der Waals surface area (Å²) in [5, 5.41) is 0. The van der Waals surface area contributed by atoms with Gasteiger partial charge in [0.15, 0.2) is 0 Å². The van der Waals surface area contributed by atoms with Gasteiger partial charge >= 0.3 is 0 Å². The monoisotopic (exact) mass is 236 g/mol. The predicted molar refractivity (Wildman–Crippen MR) is 69.0 cm³/mol. The second-order valence-corrected chi connectivity index (χ2v) is 4.06. The molecule has 1 aromatic rings.